The third-order valence-electron chi connectivity index (χ3n) is 6.59. The number of aliphatic hydroxyl groups excluding tert-OH is 1. The van der Waals surface area contributed by atoms with Gasteiger partial charge in [0, 0.05) is 35.2 Å². The molecule has 31 heavy (non-hydrogen) atoms. The number of aliphatic hydroxyl groups is 1. The number of carbonyl (C=O) groups excluding carboxylic acids is 2. The molecule has 0 aliphatic heterocycles. The number of ether oxygens (including phenoxy) is 1. The largest absolute Gasteiger partial charge is 0.466 e. The summed E-state index contributed by atoms with van der Waals surface area (Å²) in [5.41, 5.74) is 2.04. The van der Waals surface area contributed by atoms with Gasteiger partial charge in [0.1, 0.15) is 5.78 Å². The number of rotatable bonds is 13. The maximum atomic E-state index is 12.4. The molecule has 1 aromatic carbocycles. The lowest BCUT2D eigenvalue weighted by atomic mass is 9.80. The van der Waals surface area contributed by atoms with E-state index < -0.39 is 6.10 Å². The first-order valence-electron chi connectivity index (χ1n) is 11.8. The van der Waals surface area contributed by atoms with Gasteiger partial charge in [-0.3, -0.25) is 9.59 Å². The molecule has 174 valence electrons. The minimum atomic E-state index is -0.459. The van der Waals surface area contributed by atoms with Crippen LogP contribution < -0.4 is 0 Å². The number of benzene rings is 1. The Morgan fingerprint density at radius 2 is 1.87 bits per heavy atom. The Labute approximate surface area is 192 Å². The number of esters is 1. The minimum Gasteiger partial charge on any atom is -0.466 e. The Balaban J connectivity index is 1.75. The fourth-order valence-electron chi connectivity index (χ4n) is 4.24. The maximum Gasteiger partial charge on any atom is 0.305 e. The molecule has 1 aliphatic rings. The van der Waals surface area contributed by atoms with Crippen molar-refractivity contribution in [2.24, 2.45) is 5.92 Å². The van der Waals surface area contributed by atoms with Gasteiger partial charge in [-0.25, -0.2) is 0 Å². The summed E-state index contributed by atoms with van der Waals surface area (Å²) in [4.78, 5) is 23.8. The van der Waals surface area contributed by atoms with E-state index in [0.717, 1.165) is 44.1 Å². The van der Waals surface area contributed by atoms with Crippen LogP contribution in [0.3, 0.4) is 0 Å². The zero-order chi connectivity index (χ0) is 22.9. The monoisotopic (exact) mass is 448 g/mol. The lowest BCUT2D eigenvalue weighted by molar-refractivity contribution is -0.143. The highest BCUT2D eigenvalue weighted by atomic mass is 32.2. The van der Waals surface area contributed by atoms with Gasteiger partial charge in [-0.15, -0.1) is 0 Å². The molecule has 0 amide bonds. The second-order valence-corrected chi connectivity index (χ2v) is 10.6. The predicted octanol–water partition coefficient (Wildman–Crippen LogP) is 5.62. The van der Waals surface area contributed by atoms with Crippen LogP contribution in [-0.2, 0) is 19.7 Å². The summed E-state index contributed by atoms with van der Waals surface area (Å²) in [5, 5.41) is 11.2. The van der Waals surface area contributed by atoms with E-state index in [4.69, 9.17) is 4.74 Å². The first kappa shape index (κ1) is 25.9. The Kier molecular flexibility index (Phi) is 10.6. The van der Waals surface area contributed by atoms with Crippen molar-refractivity contribution in [3.63, 3.8) is 0 Å². The van der Waals surface area contributed by atoms with E-state index in [0.29, 0.717) is 36.2 Å². The van der Waals surface area contributed by atoms with Gasteiger partial charge in [0.15, 0.2) is 0 Å². The van der Waals surface area contributed by atoms with Crippen molar-refractivity contribution < 1.29 is 19.4 Å². The molecular weight excluding hydrogens is 408 g/mol. The zero-order valence-corrected chi connectivity index (χ0v) is 20.5. The van der Waals surface area contributed by atoms with Gasteiger partial charge in [0.25, 0.3) is 0 Å². The first-order valence-corrected chi connectivity index (χ1v) is 12.9. The molecule has 4 nitrogen and oxygen atoms in total. The Hall–Kier alpha value is -1.33. The smallest absolute Gasteiger partial charge is 0.305 e. The van der Waals surface area contributed by atoms with Gasteiger partial charge < -0.3 is 9.84 Å². The highest BCUT2D eigenvalue weighted by Gasteiger charge is 2.36. The highest BCUT2D eigenvalue weighted by molar-refractivity contribution is 8.00. The van der Waals surface area contributed by atoms with Crippen molar-refractivity contribution in [2.45, 2.75) is 95.8 Å². The summed E-state index contributed by atoms with van der Waals surface area (Å²) >= 11 is 1.77. The number of Topliss-reactive ketones (excluding diaryl/α,β-unsaturated/α-hetero) is 1. The van der Waals surface area contributed by atoms with Crippen LogP contribution in [0.1, 0.15) is 83.3 Å². The molecule has 3 atom stereocenters. The lowest BCUT2D eigenvalue weighted by Crippen LogP contribution is -2.36. The van der Waals surface area contributed by atoms with Crippen LogP contribution in [0.15, 0.2) is 24.3 Å². The number of unbranched alkanes of at least 4 members (excludes halogenated alkanes) is 3. The van der Waals surface area contributed by atoms with Crippen molar-refractivity contribution in [2.75, 3.05) is 12.4 Å². The normalized spacial score (nSPS) is 20.1. The highest BCUT2D eigenvalue weighted by Crippen LogP contribution is 2.38. The van der Waals surface area contributed by atoms with E-state index in [-0.39, 0.29) is 17.3 Å². The molecule has 1 saturated carbocycles. The predicted molar refractivity (Wildman–Crippen MR) is 129 cm³/mol. The van der Waals surface area contributed by atoms with Crippen molar-refractivity contribution in [1.29, 1.82) is 0 Å². The quantitative estimate of drug-likeness (QED) is 0.313. The van der Waals surface area contributed by atoms with Crippen molar-refractivity contribution in [1.82, 2.24) is 0 Å². The SMILES string of the molecule is CCOC(=O)CCCCCCC1C(=O)CCC1SCC(O)C(C)(C)c1ccc(C)cc1. The molecule has 0 radical (unpaired) electrons. The van der Waals surface area contributed by atoms with Crippen molar-refractivity contribution >= 4 is 23.5 Å². The molecule has 0 spiro atoms. The topological polar surface area (TPSA) is 63.6 Å². The van der Waals surface area contributed by atoms with E-state index in [1.165, 1.54) is 5.56 Å². The molecule has 5 heteroatoms. The van der Waals surface area contributed by atoms with Crippen molar-refractivity contribution in [3.05, 3.63) is 35.4 Å². The molecule has 3 unspecified atom stereocenters. The summed E-state index contributed by atoms with van der Waals surface area (Å²) in [6, 6.07) is 8.39. The summed E-state index contributed by atoms with van der Waals surface area (Å²) in [6.45, 7) is 8.53. The van der Waals surface area contributed by atoms with Crippen LogP contribution in [0, 0.1) is 12.8 Å². The Morgan fingerprint density at radius 3 is 2.55 bits per heavy atom. The molecule has 0 heterocycles. The van der Waals surface area contributed by atoms with Crippen molar-refractivity contribution in [3.8, 4) is 0 Å². The average Bonchev–Trinajstić information content (AvgIpc) is 3.08. The molecule has 0 saturated heterocycles. The van der Waals surface area contributed by atoms with E-state index >= 15 is 0 Å². The second-order valence-electron chi connectivity index (χ2n) is 9.34. The van der Waals surface area contributed by atoms with Crippen LogP contribution in [0.4, 0.5) is 0 Å². The molecule has 2 rings (SSSR count). The van der Waals surface area contributed by atoms with Gasteiger partial charge in [-0.1, -0.05) is 62.9 Å². The van der Waals surface area contributed by atoms with Crippen LogP contribution in [-0.4, -0.2) is 40.6 Å². The number of carbonyl (C=O) groups is 2. The molecular formula is C26H40O4S. The van der Waals surface area contributed by atoms with Crippen LogP contribution in [0.2, 0.25) is 0 Å². The molecule has 1 fully saturated rings. The first-order chi connectivity index (χ1) is 14.8. The van der Waals surface area contributed by atoms with E-state index in [1.807, 2.05) is 6.92 Å². The third-order valence-corrected chi connectivity index (χ3v) is 8.09. The minimum absolute atomic E-state index is 0.114. The molecule has 1 aromatic rings. The second kappa shape index (κ2) is 12.6. The lowest BCUT2D eigenvalue weighted by Gasteiger charge is -2.32. The van der Waals surface area contributed by atoms with Gasteiger partial charge in [0.2, 0.25) is 0 Å². The Morgan fingerprint density at radius 1 is 1.19 bits per heavy atom. The molecule has 0 bridgehead atoms. The maximum absolute atomic E-state index is 12.4. The number of hydrogen-bond donors (Lipinski definition) is 1. The zero-order valence-electron chi connectivity index (χ0n) is 19.7. The van der Waals surface area contributed by atoms with Gasteiger partial charge in [0.05, 0.1) is 12.7 Å². The third kappa shape index (κ3) is 7.94. The molecule has 0 aromatic heterocycles. The molecule has 1 aliphatic carbocycles. The van der Waals surface area contributed by atoms with Gasteiger partial charge in [-0.05, 0) is 38.7 Å². The fourth-order valence-corrected chi connectivity index (χ4v) is 5.89. The van der Waals surface area contributed by atoms with E-state index in [1.54, 1.807) is 11.8 Å². The number of hydrogen-bond acceptors (Lipinski definition) is 5. The summed E-state index contributed by atoms with van der Waals surface area (Å²) in [5.74, 6) is 1.03. The van der Waals surface area contributed by atoms with Gasteiger partial charge in [-0.2, -0.15) is 11.8 Å². The standard InChI is InChI=1S/C26H40O4S/c1-5-30-25(29)11-9-7-6-8-10-21-22(27)16-17-23(21)31-18-24(28)26(3,4)20-14-12-19(2)13-15-20/h12-15,21,23-24,28H,5-11,16-18H2,1-4H3. The number of thioether (sulfide) groups is 1. The van der Waals surface area contributed by atoms with E-state index in [2.05, 4.69) is 45.0 Å². The summed E-state index contributed by atoms with van der Waals surface area (Å²) < 4.78 is 4.95. The van der Waals surface area contributed by atoms with Gasteiger partial charge >= 0.3 is 5.97 Å². The fraction of sp³-hybridized carbons (Fsp3) is 0.692. The summed E-state index contributed by atoms with van der Waals surface area (Å²) in [6.07, 6.45) is 6.47. The summed E-state index contributed by atoms with van der Waals surface area (Å²) in [7, 11) is 0. The van der Waals surface area contributed by atoms with Crippen LogP contribution in [0.25, 0.3) is 0 Å². The van der Waals surface area contributed by atoms with E-state index in [9.17, 15) is 14.7 Å². The number of ketones is 1. The van der Waals surface area contributed by atoms with Crippen LogP contribution >= 0.6 is 11.8 Å². The average molecular weight is 449 g/mol. The Bertz CT molecular complexity index is 698. The van der Waals surface area contributed by atoms with Crippen LogP contribution in [0.5, 0.6) is 0 Å². The number of aryl methyl sites for hydroxylation is 1. The molecule has 1 N–H and O–H groups in total.